The van der Waals surface area contributed by atoms with Gasteiger partial charge in [0.25, 0.3) is 0 Å². The van der Waals surface area contributed by atoms with Gasteiger partial charge in [0.15, 0.2) is 5.82 Å². The molecule has 0 radical (unpaired) electrons. The summed E-state index contributed by atoms with van der Waals surface area (Å²) in [4.78, 5) is 25.6. The van der Waals surface area contributed by atoms with Crippen molar-refractivity contribution in [2.75, 3.05) is 13.1 Å². The van der Waals surface area contributed by atoms with E-state index >= 15 is 0 Å². The lowest BCUT2D eigenvalue weighted by atomic mass is 10.1. The van der Waals surface area contributed by atoms with Gasteiger partial charge in [-0.1, -0.05) is 18.2 Å². The molecule has 2 aromatic rings. The van der Waals surface area contributed by atoms with Gasteiger partial charge < -0.3 is 10.2 Å². The molecule has 1 aromatic heterocycles. The lowest BCUT2D eigenvalue weighted by Gasteiger charge is -2.13. The van der Waals surface area contributed by atoms with Crippen LogP contribution >= 0.6 is 0 Å². The van der Waals surface area contributed by atoms with Gasteiger partial charge in [-0.2, -0.15) is 4.68 Å². The third kappa shape index (κ3) is 3.20. The average Bonchev–Trinajstić information content (AvgIpc) is 3.19. The number of hydrogen-bond donors (Lipinski definition) is 1. The molecule has 0 spiro atoms. The maximum atomic E-state index is 12.2. The van der Waals surface area contributed by atoms with Crippen LogP contribution in [-0.4, -0.2) is 50.0 Å². The smallest absolute Gasteiger partial charge is 0.225 e. The van der Waals surface area contributed by atoms with Crippen LogP contribution in [0.1, 0.15) is 19.2 Å². The van der Waals surface area contributed by atoms with E-state index in [1.165, 1.54) is 0 Å². The van der Waals surface area contributed by atoms with Gasteiger partial charge in [-0.3, -0.25) is 9.59 Å². The Kier molecular flexibility index (Phi) is 4.31. The standard InChI is InChI=1S/C15H18N6O2/c1-2-20-10-11(8-14(20)22)15(23)16-9-13-17-18-19-21(13)12-6-4-3-5-7-12/h3-7,11H,2,8-10H2,1H3,(H,16,23)/t11-/m1/s1. The van der Waals surface area contributed by atoms with E-state index in [9.17, 15) is 9.59 Å². The van der Waals surface area contributed by atoms with E-state index in [1.807, 2.05) is 37.3 Å². The number of benzene rings is 1. The van der Waals surface area contributed by atoms with Crippen molar-refractivity contribution in [2.24, 2.45) is 5.92 Å². The van der Waals surface area contributed by atoms with Crippen LogP contribution in [0, 0.1) is 5.92 Å². The lowest BCUT2D eigenvalue weighted by Crippen LogP contribution is -2.33. The molecule has 0 aliphatic carbocycles. The minimum absolute atomic E-state index is 0.0294. The molecule has 1 fully saturated rings. The van der Waals surface area contributed by atoms with Crippen LogP contribution in [-0.2, 0) is 16.1 Å². The number of nitrogens with one attached hydrogen (secondary N) is 1. The Morgan fingerprint density at radius 3 is 2.83 bits per heavy atom. The molecule has 0 saturated carbocycles. The lowest BCUT2D eigenvalue weighted by molar-refractivity contribution is -0.128. The van der Waals surface area contributed by atoms with Crippen molar-refractivity contribution in [1.82, 2.24) is 30.4 Å². The number of nitrogens with zero attached hydrogens (tertiary/aromatic N) is 5. The maximum absolute atomic E-state index is 12.2. The van der Waals surface area contributed by atoms with Crippen LogP contribution in [0.2, 0.25) is 0 Å². The van der Waals surface area contributed by atoms with E-state index in [-0.39, 0.29) is 30.7 Å². The highest BCUT2D eigenvalue weighted by molar-refractivity contribution is 5.89. The molecule has 1 aromatic carbocycles. The van der Waals surface area contributed by atoms with Gasteiger partial charge >= 0.3 is 0 Å². The van der Waals surface area contributed by atoms with E-state index in [0.29, 0.717) is 18.9 Å². The molecule has 1 aliphatic rings. The molecule has 1 aliphatic heterocycles. The summed E-state index contributed by atoms with van der Waals surface area (Å²) in [5.74, 6) is 0.128. The number of para-hydroxylation sites is 1. The van der Waals surface area contributed by atoms with Crippen molar-refractivity contribution in [3.05, 3.63) is 36.2 Å². The Hall–Kier alpha value is -2.77. The minimum atomic E-state index is -0.302. The predicted octanol–water partition coefficient (Wildman–Crippen LogP) is 0.147. The molecule has 1 atom stereocenters. The second kappa shape index (κ2) is 6.55. The topological polar surface area (TPSA) is 93.0 Å². The number of carbonyl (C=O) groups excluding carboxylic acids is 2. The number of tetrazole rings is 1. The number of likely N-dealkylation sites (tertiary alicyclic amines) is 1. The molecule has 8 heteroatoms. The van der Waals surface area contributed by atoms with E-state index in [1.54, 1.807) is 9.58 Å². The van der Waals surface area contributed by atoms with E-state index in [4.69, 9.17) is 0 Å². The van der Waals surface area contributed by atoms with Crippen LogP contribution in [0.25, 0.3) is 5.69 Å². The summed E-state index contributed by atoms with van der Waals surface area (Å²) in [5, 5.41) is 14.4. The molecule has 2 amide bonds. The van der Waals surface area contributed by atoms with Crippen molar-refractivity contribution < 1.29 is 9.59 Å². The summed E-state index contributed by atoms with van der Waals surface area (Å²) in [6.45, 7) is 3.24. The fraction of sp³-hybridized carbons (Fsp3) is 0.400. The summed E-state index contributed by atoms with van der Waals surface area (Å²) in [6, 6.07) is 9.46. The first-order valence-electron chi connectivity index (χ1n) is 7.57. The monoisotopic (exact) mass is 314 g/mol. The Bertz CT molecular complexity index is 699. The average molecular weight is 314 g/mol. The summed E-state index contributed by atoms with van der Waals surface area (Å²) in [5.41, 5.74) is 0.829. The Balaban J connectivity index is 1.63. The molecule has 8 nitrogen and oxygen atoms in total. The van der Waals surface area contributed by atoms with Gasteiger partial charge in [0.1, 0.15) is 0 Å². The van der Waals surface area contributed by atoms with Gasteiger partial charge in [0, 0.05) is 19.5 Å². The van der Waals surface area contributed by atoms with Crippen molar-refractivity contribution in [1.29, 1.82) is 0 Å². The zero-order valence-corrected chi connectivity index (χ0v) is 12.8. The highest BCUT2D eigenvalue weighted by Gasteiger charge is 2.33. The van der Waals surface area contributed by atoms with Gasteiger partial charge in [-0.15, -0.1) is 5.10 Å². The maximum Gasteiger partial charge on any atom is 0.225 e. The zero-order valence-electron chi connectivity index (χ0n) is 12.8. The molecule has 3 rings (SSSR count). The SMILES string of the molecule is CCN1C[C@H](C(=O)NCc2nnnn2-c2ccccc2)CC1=O. The fourth-order valence-corrected chi connectivity index (χ4v) is 2.65. The molecular weight excluding hydrogens is 296 g/mol. The molecule has 1 N–H and O–H groups in total. The van der Waals surface area contributed by atoms with Gasteiger partial charge in [0.05, 0.1) is 18.2 Å². The largest absolute Gasteiger partial charge is 0.348 e. The zero-order chi connectivity index (χ0) is 16.2. The van der Waals surface area contributed by atoms with Crippen LogP contribution in [0.3, 0.4) is 0 Å². The first kappa shape index (κ1) is 15.1. The van der Waals surface area contributed by atoms with Crippen molar-refractivity contribution >= 4 is 11.8 Å². The Morgan fingerprint density at radius 1 is 1.35 bits per heavy atom. The minimum Gasteiger partial charge on any atom is -0.348 e. The van der Waals surface area contributed by atoms with Crippen LogP contribution < -0.4 is 5.32 Å². The third-order valence-corrected chi connectivity index (χ3v) is 3.92. The molecule has 0 unspecified atom stereocenters. The molecule has 1 saturated heterocycles. The van der Waals surface area contributed by atoms with Crippen molar-refractivity contribution in [3.63, 3.8) is 0 Å². The first-order chi connectivity index (χ1) is 11.2. The quantitative estimate of drug-likeness (QED) is 0.848. The second-order valence-electron chi connectivity index (χ2n) is 5.39. The molecule has 0 bridgehead atoms. The fourth-order valence-electron chi connectivity index (χ4n) is 2.65. The number of carbonyl (C=O) groups is 2. The van der Waals surface area contributed by atoms with Crippen LogP contribution in [0.15, 0.2) is 30.3 Å². The predicted molar refractivity (Wildman–Crippen MR) is 81.4 cm³/mol. The molecule has 23 heavy (non-hydrogen) atoms. The van der Waals surface area contributed by atoms with Gasteiger partial charge in [0.2, 0.25) is 11.8 Å². The number of aromatic nitrogens is 4. The summed E-state index contributed by atoms with van der Waals surface area (Å²) >= 11 is 0. The van der Waals surface area contributed by atoms with E-state index < -0.39 is 0 Å². The Morgan fingerprint density at radius 2 is 2.13 bits per heavy atom. The van der Waals surface area contributed by atoms with Crippen LogP contribution in [0.5, 0.6) is 0 Å². The first-order valence-corrected chi connectivity index (χ1v) is 7.57. The molecule has 120 valence electrons. The van der Waals surface area contributed by atoms with E-state index in [2.05, 4.69) is 20.8 Å². The summed E-state index contributed by atoms with van der Waals surface area (Å²) < 4.78 is 1.58. The number of hydrogen-bond acceptors (Lipinski definition) is 5. The summed E-state index contributed by atoms with van der Waals surface area (Å²) in [7, 11) is 0. The summed E-state index contributed by atoms with van der Waals surface area (Å²) in [6.07, 6.45) is 0.267. The molecular formula is C15H18N6O2. The van der Waals surface area contributed by atoms with Crippen molar-refractivity contribution in [2.45, 2.75) is 19.9 Å². The van der Waals surface area contributed by atoms with Crippen molar-refractivity contribution in [3.8, 4) is 5.69 Å². The highest BCUT2D eigenvalue weighted by Crippen LogP contribution is 2.17. The van der Waals surface area contributed by atoms with E-state index in [0.717, 1.165) is 5.69 Å². The highest BCUT2D eigenvalue weighted by atomic mass is 16.2. The third-order valence-electron chi connectivity index (χ3n) is 3.92. The Labute approximate surface area is 133 Å². The number of rotatable bonds is 5. The second-order valence-corrected chi connectivity index (χ2v) is 5.39. The molecule has 2 heterocycles. The normalized spacial score (nSPS) is 17.5. The van der Waals surface area contributed by atoms with Crippen LogP contribution in [0.4, 0.5) is 0 Å². The van der Waals surface area contributed by atoms with Gasteiger partial charge in [-0.05, 0) is 29.5 Å². The number of amides is 2. The van der Waals surface area contributed by atoms with Gasteiger partial charge in [-0.25, -0.2) is 0 Å².